The van der Waals surface area contributed by atoms with E-state index in [1.807, 2.05) is 23.1 Å². The summed E-state index contributed by atoms with van der Waals surface area (Å²) in [6.07, 6.45) is 4.94. The number of hydrogen-bond donors (Lipinski definition) is 2. The van der Waals surface area contributed by atoms with E-state index in [0.29, 0.717) is 25.9 Å². The number of unbranched alkanes of at least 4 members (excludes halogenated alkanes) is 3. The molecule has 0 bridgehead atoms. The second kappa shape index (κ2) is 11.5. The first-order valence-electron chi connectivity index (χ1n) is 9.75. The molecule has 1 aromatic carbocycles. The van der Waals surface area contributed by atoms with Crippen LogP contribution in [0.15, 0.2) is 30.3 Å². The zero-order valence-electron chi connectivity index (χ0n) is 15.7. The maximum atomic E-state index is 12.3. The van der Waals surface area contributed by atoms with Gasteiger partial charge in [-0.05, 0) is 31.5 Å². The van der Waals surface area contributed by atoms with Gasteiger partial charge in [0, 0.05) is 51.3 Å². The van der Waals surface area contributed by atoms with Gasteiger partial charge in [-0.2, -0.15) is 0 Å². The van der Waals surface area contributed by atoms with Crippen molar-refractivity contribution in [3.63, 3.8) is 0 Å². The van der Waals surface area contributed by atoms with Gasteiger partial charge in [-0.15, -0.1) is 0 Å². The molecule has 0 unspecified atom stereocenters. The van der Waals surface area contributed by atoms with Crippen LogP contribution in [0.2, 0.25) is 0 Å². The second-order valence-electron chi connectivity index (χ2n) is 6.76. The molecule has 0 aromatic heterocycles. The number of piperazine rings is 1. The predicted octanol–water partition coefficient (Wildman–Crippen LogP) is 1.75. The van der Waals surface area contributed by atoms with Gasteiger partial charge in [0.25, 0.3) is 0 Å². The van der Waals surface area contributed by atoms with Crippen LogP contribution in [0.4, 0.5) is 5.69 Å². The fraction of sp³-hybridized carbons (Fsp3) is 0.600. The number of hydrogen-bond acceptors (Lipinski definition) is 4. The van der Waals surface area contributed by atoms with Crippen molar-refractivity contribution in [2.75, 3.05) is 44.2 Å². The molecule has 0 aliphatic carbocycles. The number of anilines is 1. The standard InChI is InChI=1S/C20H32N4O2/c21-12-7-2-1-6-10-19(25)22-13-11-20(26)24-16-14-23(15-17-24)18-8-4-3-5-9-18/h3-5,8-9H,1-2,6-7,10-17,21H2,(H,22,25). The van der Waals surface area contributed by atoms with Crippen molar-refractivity contribution in [3.05, 3.63) is 30.3 Å². The molecule has 0 atom stereocenters. The highest BCUT2D eigenvalue weighted by Gasteiger charge is 2.20. The maximum absolute atomic E-state index is 12.3. The predicted molar refractivity (Wildman–Crippen MR) is 105 cm³/mol. The minimum absolute atomic E-state index is 0.0412. The average molecular weight is 361 g/mol. The van der Waals surface area contributed by atoms with Crippen LogP contribution in [0, 0.1) is 0 Å². The quantitative estimate of drug-likeness (QED) is 0.623. The summed E-state index contributed by atoms with van der Waals surface area (Å²) in [6.45, 7) is 4.33. The monoisotopic (exact) mass is 360 g/mol. The Kier molecular flexibility index (Phi) is 8.96. The molecule has 1 heterocycles. The van der Waals surface area contributed by atoms with Crippen LogP contribution in [0.1, 0.15) is 38.5 Å². The number of benzene rings is 1. The average Bonchev–Trinajstić information content (AvgIpc) is 2.68. The number of rotatable bonds is 10. The molecule has 0 saturated carbocycles. The molecule has 1 fully saturated rings. The Bertz CT molecular complexity index is 542. The lowest BCUT2D eigenvalue weighted by molar-refractivity contribution is -0.131. The van der Waals surface area contributed by atoms with E-state index in [1.54, 1.807) is 0 Å². The van der Waals surface area contributed by atoms with Crippen LogP contribution in [0.3, 0.4) is 0 Å². The highest BCUT2D eigenvalue weighted by molar-refractivity contribution is 5.79. The Labute approximate surface area is 156 Å². The van der Waals surface area contributed by atoms with Gasteiger partial charge in [-0.3, -0.25) is 9.59 Å². The van der Waals surface area contributed by atoms with E-state index >= 15 is 0 Å². The highest BCUT2D eigenvalue weighted by atomic mass is 16.2. The third-order valence-electron chi connectivity index (χ3n) is 4.77. The lowest BCUT2D eigenvalue weighted by Crippen LogP contribution is -2.49. The first-order valence-corrected chi connectivity index (χ1v) is 9.75. The summed E-state index contributed by atoms with van der Waals surface area (Å²) in [6, 6.07) is 10.3. The van der Waals surface area contributed by atoms with Gasteiger partial charge in [-0.25, -0.2) is 0 Å². The molecule has 6 nitrogen and oxygen atoms in total. The summed E-state index contributed by atoms with van der Waals surface area (Å²) in [7, 11) is 0. The van der Waals surface area contributed by atoms with Gasteiger partial charge >= 0.3 is 0 Å². The molecule has 2 rings (SSSR count). The Morgan fingerprint density at radius 2 is 1.62 bits per heavy atom. The number of nitrogens with two attached hydrogens (primary N) is 1. The van der Waals surface area contributed by atoms with Crippen LogP contribution in [0.25, 0.3) is 0 Å². The zero-order chi connectivity index (χ0) is 18.6. The van der Waals surface area contributed by atoms with Crippen LogP contribution in [0.5, 0.6) is 0 Å². The largest absolute Gasteiger partial charge is 0.368 e. The molecule has 3 N–H and O–H groups in total. The van der Waals surface area contributed by atoms with Crippen molar-refractivity contribution < 1.29 is 9.59 Å². The number of amides is 2. The summed E-state index contributed by atoms with van der Waals surface area (Å²) >= 11 is 0. The maximum Gasteiger partial charge on any atom is 0.224 e. The molecule has 2 amide bonds. The van der Waals surface area contributed by atoms with Gasteiger partial charge < -0.3 is 20.9 Å². The zero-order valence-corrected chi connectivity index (χ0v) is 15.7. The third-order valence-corrected chi connectivity index (χ3v) is 4.77. The first-order chi connectivity index (χ1) is 12.7. The van der Waals surface area contributed by atoms with E-state index in [2.05, 4.69) is 22.3 Å². The molecule has 0 spiro atoms. The van der Waals surface area contributed by atoms with Gasteiger partial charge in [0.15, 0.2) is 0 Å². The molecule has 144 valence electrons. The van der Waals surface area contributed by atoms with Crippen LogP contribution in [-0.4, -0.2) is 56.0 Å². The summed E-state index contributed by atoms with van der Waals surface area (Å²) < 4.78 is 0. The fourth-order valence-electron chi connectivity index (χ4n) is 3.19. The lowest BCUT2D eigenvalue weighted by Gasteiger charge is -2.36. The number of nitrogens with one attached hydrogen (secondary N) is 1. The Balaban J connectivity index is 1.57. The summed E-state index contributed by atoms with van der Waals surface area (Å²) in [5.41, 5.74) is 6.65. The van der Waals surface area contributed by atoms with Crippen molar-refractivity contribution >= 4 is 17.5 Å². The van der Waals surface area contributed by atoms with E-state index in [0.717, 1.165) is 51.9 Å². The number of carbonyl (C=O) groups excluding carboxylic acids is 2. The van der Waals surface area contributed by atoms with Crippen LogP contribution < -0.4 is 16.0 Å². The molecule has 1 saturated heterocycles. The fourth-order valence-corrected chi connectivity index (χ4v) is 3.19. The minimum Gasteiger partial charge on any atom is -0.368 e. The third kappa shape index (κ3) is 7.04. The topological polar surface area (TPSA) is 78.7 Å². The number of nitrogens with zero attached hydrogens (tertiary/aromatic N) is 2. The second-order valence-corrected chi connectivity index (χ2v) is 6.76. The number of carbonyl (C=O) groups is 2. The Hall–Kier alpha value is -2.08. The van der Waals surface area contributed by atoms with E-state index in [9.17, 15) is 9.59 Å². The van der Waals surface area contributed by atoms with Crippen molar-refractivity contribution in [2.24, 2.45) is 5.73 Å². The molecule has 1 aromatic rings. The Morgan fingerprint density at radius 1 is 0.923 bits per heavy atom. The normalized spacial score (nSPS) is 14.3. The van der Waals surface area contributed by atoms with Gasteiger partial charge in [0.05, 0.1) is 0 Å². The number of para-hydroxylation sites is 1. The Morgan fingerprint density at radius 3 is 2.31 bits per heavy atom. The molecular weight excluding hydrogens is 328 g/mol. The van der Waals surface area contributed by atoms with Gasteiger partial charge in [0.2, 0.25) is 11.8 Å². The van der Waals surface area contributed by atoms with E-state index < -0.39 is 0 Å². The van der Waals surface area contributed by atoms with Gasteiger partial charge in [0.1, 0.15) is 0 Å². The molecule has 1 aliphatic rings. The van der Waals surface area contributed by atoms with E-state index in [1.165, 1.54) is 5.69 Å². The van der Waals surface area contributed by atoms with Crippen molar-refractivity contribution in [1.82, 2.24) is 10.2 Å². The van der Waals surface area contributed by atoms with E-state index in [-0.39, 0.29) is 11.8 Å². The molecule has 1 aliphatic heterocycles. The van der Waals surface area contributed by atoms with Crippen LogP contribution in [-0.2, 0) is 9.59 Å². The smallest absolute Gasteiger partial charge is 0.224 e. The SMILES string of the molecule is NCCCCCCC(=O)NCCC(=O)N1CCN(c2ccccc2)CC1. The minimum atomic E-state index is 0.0412. The van der Waals surface area contributed by atoms with E-state index in [4.69, 9.17) is 5.73 Å². The van der Waals surface area contributed by atoms with Crippen LogP contribution >= 0.6 is 0 Å². The van der Waals surface area contributed by atoms with Crippen molar-refractivity contribution in [2.45, 2.75) is 38.5 Å². The summed E-state index contributed by atoms with van der Waals surface area (Å²) in [5.74, 6) is 0.167. The van der Waals surface area contributed by atoms with Crippen molar-refractivity contribution in [1.29, 1.82) is 0 Å². The molecule has 0 radical (unpaired) electrons. The van der Waals surface area contributed by atoms with Crippen molar-refractivity contribution in [3.8, 4) is 0 Å². The summed E-state index contributed by atoms with van der Waals surface area (Å²) in [4.78, 5) is 28.3. The van der Waals surface area contributed by atoms with Gasteiger partial charge in [-0.1, -0.05) is 31.0 Å². The highest BCUT2D eigenvalue weighted by Crippen LogP contribution is 2.15. The lowest BCUT2D eigenvalue weighted by atomic mass is 10.1. The molecule has 6 heteroatoms. The summed E-state index contributed by atoms with van der Waals surface area (Å²) in [5, 5.41) is 2.86. The molecular formula is C20H32N4O2. The molecule has 26 heavy (non-hydrogen) atoms. The first kappa shape index (κ1) is 20.2.